The van der Waals surface area contributed by atoms with Crippen molar-refractivity contribution in [2.75, 3.05) is 6.61 Å². The Bertz CT molecular complexity index is 271. The molecule has 1 aromatic rings. The van der Waals surface area contributed by atoms with Crippen molar-refractivity contribution in [2.45, 2.75) is 6.92 Å². The minimum Gasteiger partial charge on any atom is -0.493 e. The Morgan fingerprint density at radius 3 is 2.58 bits per heavy atom. The molecule has 1 aromatic carbocycles. The van der Waals surface area contributed by atoms with Crippen LogP contribution in [-0.4, -0.2) is 6.61 Å². The van der Waals surface area contributed by atoms with Gasteiger partial charge in [-0.25, -0.2) is 0 Å². The third kappa shape index (κ3) is 2.28. The van der Waals surface area contributed by atoms with Gasteiger partial charge in [0, 0.05) is 0 Å². The van der Waals surface area contributed by atoms with Crippen molar-refractivity contribution in [3.05, 3.63) is 36.2 Å². The molecule has 0 fully saturated rings. The van der Waals surface area contributed by atoms with Crippen LogP contribution in [0.3, 0.4) is 0 Å². The van der Waals surface area contributed by atoms with E-state index in [1.165, 1.54) is 0 Å². The number of nitrogens with zero attached hydrogens (tertiary/aromatic N) is 1. The van der Waals surface area contributed by atoms with Gasteiger partial charge >= 0.3 is 0 Å². The molecule has 0 aliphatic rings. The highest BCUT2D eigenvalue weighted by Gasteiger charge is 1.92. The first-order valence-electron chi connectivity index (χ1n) is 3.77. The Hall–Kier alpha value is -1.49. The van der Waals surface area contributed by atoms with Crippen molar-refractivity contribution in [1.82, 2.24) is 0 Å². The summed E-state index contributed by atoms with van der Waals surface area (Å²) in [5.41, 5.74) is 0.655. The Kier molecular flexibility index (Phi) is 3.16. The standard InChI is InChI=1S/C10H10NO/c1-2-7-12-10-5-3-9(8-11)4-6-10/h2-6H,7H2,1H3. The first-order valence-corrected chi connectivity index (χ1v) is 3.77. The summed E-state index contributed by atoms with van der Waals surface area (Å²) >= 11 is 0. The van der Waals surface area contributed by atoms with Gasteiger partial charge < -0.3 is 4.74 Å². The molecule has 0 heterocycles. The third-order valence-electron chi connectivity index (χ3n) is 1.40. The molecule has 1 radical (unpaired) electrons. The van der Waals surface area contributed by atoms with Crippen LogP contribution in [-0.2, 0) is 0 Å². The van der Waals surface area contributed by atoms with Crippen LogP contribution >= 0.6 is 0 Å². The Labute approximate surface area is 72.4 Å². The van der Waals surface area contributed by atoms with Crippen molar-refractivity contribution < 1.29 is 4.74 Å². The number of hydrogen-bond donors (Lipinski definition) is 0. The van der Waals surface area contributed by atoms with Crippen LogP contribution in [0, 0.1) is 17.8 Å². The number of hydrogen-bond acceptors (Lipinski definition) is 2. The number of ether oxygens (including phenoxy) is 1. The highest BCUT2D eigenvalue weighted by Crippen LogP contribution is 2.11. The van der Waals surface area contributed by atoms with Gasteiger partial charge in [0.2, 0.25) is 0 Å². The van der Waals surface area contributed by atoms with Gasteiger partial charge in [-0.3, -0.25) is 0 Å². The van der Waals surface area contributed by atoms with E-state index in [0.717, 1.165) is 5.75 Å². The minimum absolute atomic E-state index is 0.603. The van der Waals surface area contributed by atoms with E-state index in [4.69, 9.17) is 10.00 Å². The maximum Gasteiger partial charge on any atom is 0.119 e. The van der Waals surface area contributed by atoms with Crippen LogP contribution in [0.1, 0.15) is 12.5 Å². The molecule has 0 bridgehead atoms. The second kappa shape index (κ2) is 4.40. The second-order valence-electron chi connectivity index (χ2n) is 2.36. The van der Waals surface area contributed by atoms with E-state index < -0.39 is 0 Å². The van der Waals surface area contributed by atoms with Crippen molar-refractivity contribution in [2.24, 2.45) is 0 Å². The topological polar surface area (TPSA) is 33.0 Å². The first kappa shape index (κ1) is 8.61. The van der Waals surface area contributed by atoms with Crippen LogP contribution < -0.4 is 4.74 Å². The van der Waals surface area contributed by atoms with Crippen molar-refractivity contribution >= 4 is 0 Å². The van der Waals surface area contributed by atoms with Crippen LogP contribution in [0.4, 0.5) is 0 Å². The lowest BCUT2D eigenvalue weighted by Gasteiger charge is -2.02. The molecular formula is C10H10NO. The highest BCUT2D eigenvalue weighted by atomic mass is 16.5. The summed E-state index contributed by atoms with van der Waals surface area (Å²) in [7, 11) is 0. The van der Waals surface area contributed by atoms with Gasteiger partial charge in [0.1, 0.15) is 5.75 Å². The minimum atomic E-state index is 0.603. The molecular weight excluding hydrogens is 150 g/mol. The van der Waals surface area contributed by atoms with Gasteiger partial charge in [0.25, 0.3) is 0 Å². The van der Waals surface area contributed by atoms with Gasteiger partial charge in [0.15, 0.2) is 0 Å². The zero-order valence-corrected chi connectivity index (χ0v) is 6.95. The van der Waals surface area contributed by atoms with Crippen molar-refractivity contribution in [3.8, 4) is 11.8 Å². The molecule has 2 nitrogen and oxygen atoms in total. The fourth-order valence-electron chi connectivity index (χ4n) is 0.805. The fraction of sp³-hybridized carbons (Fsp3) is 0.200. The monoisotopic (exact) mass is 160 g/mol. The Balaban J connectivity index is 2.60. The fourth-order valence-corrected chi connectivity index (χ4v) is 0.805. The molecule has 0 saturated carbocycles. The maximum atomic E-state index is 8.51. The molecule has 12 heavy (non-hydrogen) atoms. The lowest BCUT2D eigenvalue weighted by Crippen LogP contribution is -1.94. The average molecular weight is 160 g/mol. The van der Waals surface area contributed by atoms with Crippen LogP contribution in [0.2, 0.25) is 0 Å². The molecule has 0 amide bonds. The second-order valence-corrected chi connectivity index (χ2v) is 2.36. The molecule has 2 heteroatoms. The van der Waals surface area contributed by atoms with Gasteiger partial charge in [0.05, 0.1) is 18.2 Å². The molecule has 0 aliphatic carbocycles. The summed E-state index contributed by atoms with van der Waals surface area (Å²) in [5.74, 6) is 0.798. The summed E-state index contributed by atoms with van der Waals surface area (Å²) in [5, 5.41) is 8.51. The van der Waals surface area contributed by atoms with E-state index in [9.17, 15) is 0 Å². The Morgan fingerprint density at radius 2 is 2.08 bits per heavy atom. The predicted octanol–water partition coefficient (Wildman–Crippen LogP) is 2.16. The number of benzene rings is 1. The predicted molar refractivity (Wildman–Crippen MR) is 46.6 cm³/mol. The highest BCUT2D eigenvalue weighted by molar-refractivity contribution is 5.34. The molecule has 0 spiro atoms. The molecule has 0 aromatic heterocycles. The molecule has 1 rings (SSSR count). The Morgan fingerprint density at radius 1 is 1.42 bits per heavy atom. The van der Waals surface area contributed by atoms with Gasteiger partial charge in [-0.1, -0.05) is 6.92 Å². The van der Waals surface area contributed by atoms with E-state index in [1.54, 1.807) is 24.3 Å². The quantitative estimate of drug-likeness (QED) is 0.678. The van der Waals surface area contributed by atoms with Gasteiger partial charge in [-0.15, -0.1) is 0 Å². The van der Waals surface area contributed by atoms with Crippen LogP contribution in [0.5, 0.6) is 5.75 Å². The molecule has 0 atom stereocenters. The average Bonchev–Trinajstić information content (AvgIpc) is 2.15. The van der Waals surface area contributed by atoms with Crippen LogP contribution in [0.15, 0.2) is 24.3 Å². The van der Waals surface area contributed by atoms with E-state index >= 15 is 0 Å². The van der Waals surface area contributed by atoms with E-state index in [2.05, 4.69) is 0 Å². The third-order valence-corrected chi connectivity index (χ3v) is 1.40. The normalized spacial score (nSPS) is 9.00. The summed E-state index contributed by atoms with van der Waals surface area (Å²) in [4.78, 5) is 0. The van der Waals surface area contributed by atoms with Crippen molar-refractivity contribution in [1.29, 1.82) is 5.26 Å². The largest absolute Gasteiger partial charge is 0.493 e. The molecule has 0 aliphatic heterocycles. The summed E-state index contributed by atoms with van der Waals surface area (Å²) in [6, 6.07) is 9.12. The first-order chi connectivity index (χ1) is 5.86. The number of nitriles is 1. The number of rotatable bonds is 3. The summed E-state index contributed by atoms with van der Waals surface area (Å²) in [6.45, 7) is 2.54. The maximum absolute atomic E-state index is 8.51. The lowest BCUT2D eigenvalue weighted by atomic mass is 10.2. The summed E-state index contributed by atoms with van der Waals surface area (Å²) in [6.07, 6.45) is 1.93. The molecule has 0 saturated heterocycles. The smallest absolute Gasteiger partial charge is 0.119 e. The SMILES string of the molecule is C[CH]COc1ccc(C#N)cc1. The van der Waals surface area contributed by atoms with Crippen LogP contribution in [0.25, 0.3) is 0 Å². The molecule has 0 unspecified atom stereocenters. The zero-order chi connectivity index (χ0) is 8.81. The van der Waals surface area contributed by atoms with Gasteiger partial charge in [-0.05, 0) is 30.7 Å². The molecule has 0 N–H and O–H groups in total. The zero-order valence-electron chi connectivity index (χ0n) is 6.95. The van der Waals surface area contributed by atoms with E-state index in [1.807, 2.05) is 19.4 Å². The molecule has 61 valence electrons. The summed E-state index contributed by atoms with van der Waals surface area (Å²) < 4.78 is 5.29. The lowest BCUT2D eigenvalue weighted by molar-refractivity contribution is 0.349. The van der Waals surface area contributed by atoms with E-state index in [0.29, 0.717) is 12.2 Å². The van der Waals surface area contributed by atoms with Gasteiger partial charge in [-0.2, -0.15) is 5.26 Å². The van der Waals surface area contributed by atoms with Crippen molar-refractivity contribution in [3.63, 3.8) is 0 Å². The van der Waals surface area contributed by atoms with E-state index in [-0.39, 0.29) is 0 Å².